The van der Waals surface area contributed by atoms with Gasteiger partial charge in [0.25, 0.3) is 0 Å². The Kier molecular flexibility index (Phi) is 6.68. The second kappa shape index (κ2) is 9.17. The molecule has 4 saturated carbocycles. The molecule has 0 amide bonds. The Morgan fingerprint density at radius 3 is 2.06 bits per heavy atom. The second-order valence-electron chi connectivity index (χ2n) is 12.0. The molecule has 0 aromatic heterocycles. The maximum absolute atomic E-state index is 11.1. The van der Waals surface area contributed by atoms with E-state index in [1.165, 1.54) is 61.1 Å². The van der Waals surface area contributed by atoms with E-state index in [-0.39, 0.29) is 5.41 Å². The summed E-state index contributed by atoms with van der Waals surface area (Å²) in [6, 6.07) is 13.3. The molecular formula is C29H41NO2. The summed E-state index contributed by atoms with van der Waals surface area (Å²) < 4.78 is 5.27. The van der Waals surface area contributed by atoms with Crippen LogP contribution in [0.1, 0.15) is 77.3 Å². The third-order valence-corrected chi connectivity index (χ3v) is 7.97. The lowest BCUT2D eigenvalue weighted by atomic mass is 9.50. The normalized spacial score (nSPS) is 29.3. The lowest BCUT2D eigenvalue weighted by molar-refractivity contribution is -0.130. The monoisotopic (exact) mass is 435 g/mol. The van der Waals surface area contributed by atoms with Gasteiger partial charge in [-0.2, -0.15) is 0 Å². The molecule has 4 fully saturated rings. The number of carbonyl (C=O) groups is 1. The van der Waals surface area contributed by atoms with Crippen molar-refractivity contribution in [3.63, 3.8) is 0 Å². The summed E-state index contributed by atoms with van der Waals surface area (Å²) in [6.45, 7) is 6.84. The number of hydrogen-bond acceptors (Lipinski definition) is 3. The molecule has 1 unspecified atom stereocenters. The number of methoxy groups -OCH3 is 1. The quantitative estimate of drug-likeness (QED) is 0.517. The van der Waals surface area contributed by atoms with Crippen molar-refractivity contribution in [1.29, 1.82) is 0 Å². The average molecular weight is 436 g/mol. The van der Waals surface area contributed by atoms with Crippen LogP contribution in [0.5, 0.6) is 5.75 Å². The van der Waals surface area contributed by atoms with Crippen LogP contribution in [0.2, 0.25) is 0 Å². The van der Waals surface area contributed by atoms with Gasteiger partial charge < -0.3 is 14.8 Å². The topological polar surface area (TPSA) is 38.3 Å². The molecule has 32 heavy (non-hydrogen) atoms. The summed E-state index contributed by atoms with van der Waals surface area (Å²) in [7, 11) is 3.74. The third kappa shape index (κ3) is 5.20. The van der Waals surface area contributed by atoms with Crippen molar-refractivity contribution in [2.45, 2.75) is 71.8 Å². The lowest BCUT2D eigenvalue weighted by Gasteiger charge is -2.54. The highest BCUT2D eigenvalue weighted by Crippen LogP contribution is 2.59. The van der Waals surface area contributed by atoms with Crippen LogP contribution in [0.25, 0.3) is 10.8 Å². The standard InChI is InChI=1S/C18H25NO.C11H16O/c1-18(2,3)12-17(19-4)15-7-6-14-11-16(20-5)9-8-13(14)10-15;12-7-11-4-8-1-9(5-11)3-10(2-8)6-11/h6-11,17,19H,12H2,1-5H3;7-10H,1-6H2. The van der Waals surface area contributed by atoms with E-state index in [9.17, 15) is 4.79 Å². The highest BCUT2D eigenvalue weighted by Gasteiger charge is 2.50. The molecular weight excluding hydrogens is 394 g/mol. The Hall–Kier alpha value is -1.87. The van der Waals surface area contributed by atoms with E-state index in [0.29, 0.717) is 11.5 Å². The lowest BCUT2D eigenvalue weighted by Crippen LogP contribution is -2.46. The van der Waals surface area contributed by atoms with Crippen molar-refractivity contribution < 1.29 is 9.53 Å². The molecule has 4 aliphatic rings. The van der Waals surface area contributed by atoms with Crippen LogP contribution in [0.3, 0.4) is 0 Å². The Labute approximate surface area is 194 Å². The molecule has 2 aromatic rings. The Morgan fingerprint density at radius 2 is 1.56 bits per heavy atom. The predicted octanol–water partition coefficient (Wildman–Crippen LogP) is 6.95. The minimum atomic E-state index is 0.161. The molecule has 4 aliphatic carbocycles. The van der Waals surface area contributed by atoms with Gasteiger partial charge in [0.05, 0.1) is 7.11 Å². The zero-order valence-electron chi connectivity index (χ0n) is 20.6. The molecule has 0 spiro atoms. The van der Waals surface area contributed by atoms with Gasteiger partial charge >= 0.3 is 0 Å². The van der Waals surface area contributed by atoms with Crippen molar-refractivity contribution in [3.8, 4) is 5.75 Å². The molecule has 1 N–H and O–H groups in total. The SMILES string of the molecule is CNC(CC(C)(C)C)c1ccc2cc(OC)ccc2c1.O=CC12CC3CC(CC(C3)C1)C2. The zero-order valence-corrected chi connectivity index (χ0v) is 20.6. The van der Waals surface area contributed by atoms with Crippen LogP contribution in [-0.2, 0) is 4.79 Å². The van der Waals surface area contributed by atoms with Gasteiger partial charge in [0.15, 0.2) is 0 Å². The number of carbonyl (C=O) groups excluding carboxylic acids is 1. The van der Waals surface area contributed by atoms with Crippen LogP contribution in [0.15, 0.2) is 36.4 Å². The first kappa shape index (κ1) is 23.3. The first-order valence-corrected chi connectivity index (χ1v) is 12.4. The smallest absolute Gasteiger partial charge is 0.126 e. The van der Waals surface area contributed by atoms with Crippen molar-refractivity contribution in [3.05, 3.63) is 42.0 Å². The third-order valence-electron chi connectivity index (χ3n) is 7.97. The van der Waals surface area contributed by atoms with Gasteiger partial charge in [-0.25, -0.2) is 0 Å². The maximum Gasteiger partial charge on any atom is 0.126 e. The fourth-order valence-corrected chi connectivity index (χ4v) is 6.91. The number of hydrogen-bond donors (Lipinski definition) is 1. The van der Waals surface area contributed by atoms with Gasteiger partial charge in [0.1, 0.15) is 12.0 Å². The largest absolute Gasteiger partial charge is 0.497 e. The Balaban J connectivity index is 0.000000171. The predicted molar refractivity (Wildman–Crippen MR) is 133 cm³/mol. The number of benzene rings is 2. The number of nitrogens with one attached hydrogen (secondary N) is 1. The molecule has 0 heterocycles. The molecule has 0 aliphatic heterocycles. The number of rotatable bonds is 5. The summed E-state index contributed by atoms with van der Waals surface area (Å²) in [5, 5.41) is 5.92. The molecule has 174 valence electrons. The first-order valence-electron chi connectivity index (χ1n) is 12.4. The average Bonchev–Trinajstić information content (AvgIpc) is 2.75. The molecule has 6 rings (SSSR count). The Bertz CT molecular complexity index is 907. The summed E-state index contributed by atoms with van der Waals surface area (Å²) in [5.74, 6) is 3.66. The van der Waals surface area contributed by atoms with E-state index in [4.69, 9.17) is 4.74 Å². The Morgan fingerprint density at radius 1 is 1.00 bits per heavy atom. The summed E-state index contributed by atoms with van der Waals surface area (Å²) in [6.07, 6.45) is 10.4. The molecule has 1 atom stereocenters. The van der Waals surface area contributed by atoms with Gasteiger partial charge in [0.2, 0.25) is 0 Å². The van der Waals surface area contributed by atoms with Crippen LogP contribution in [0, 0.1) is 28.6 Å². The van der Waals surface area contributed by atoms with Gasteiger partial charge in [-0.05, 0) is 110 Å². The van der Waals surface area contributed by atoms with Gasteiger partial charge in [-0.1, -0.05) is 39.0 Å². The molecule has 3 nitrogen and oxygen atoms in total. The summed E-state index contributed by atoms with van der Waals surface area (Å²) in [4.78, 5) is 11.1. The molecule has 2 aromatic carbocycles. The van der Waals surface area contributed by atoms with E-state index in [1.807, 2.05) is 13.1 Å². The van der Waals surface area contributed by atoms with Crippen molar-refractivity contribution >= 4 is 17.1 Å². The van der Waals surface area contributed by atoms with Gasteiger partial charge in [-0.15, -0.1) is 0 Å². The number of fused-ring (bicyclic) bond motifs is 1. The van der Waals surface area contributed by atoms with E-state index in [2.05, 4.69) is 56.4 Å². The minimum absolute atomic E-state index is 0.161. The van der Waals surface area contributed by atoms with Crippen LogP contribution in [-0.4, -0.2) is 20.4 Å². The summed E-state index contributed by atoms with van der Waals surface area (Å²) in [5.41, 5.74) is 1.82. The van der Waals surface area contributed by atoms with Crippen molar-refractivity contribution in [2.75, 3.05) is 14.2 Å². The number of aldehydes is 1. The molecule has 3 heteroatoms. The van der Waals surface area contributed by atoms with Crippen LogP contribution in [0.4, 0.5) is 0 Å². The van der Waals surface area contributed by atoms with E-state index >= 15 is 0 Å². The van der Waals surface area contributed by atoms with E-state index in [0.717, 1.165) is 29.9 Å². The number of ether oxygens (including phenoxy) is 1. The maximum atomic E-state index is 11.1. The van der Waals surface area contributed by atoms with Crippen molar-refractivity contribution in [2.24, 2.45) is 28.6 Å². The van der Waals surface area contributed by atoms with E-state index in [1.54, 1.807) is 7.11 Å². The van der Waals surface area contributed by atoms with Gasteiger partial charge in [0, 0.05) is 11.5 Å². The van der Waals surface area contributed by atoms with Crippen molar-refractivity contribution in [1.82, 2.24) is 5.32 Å². The van der Waals surface area contributed by atoms with Crippen LogP contribution < -0.4 is 10.1 Å². The first-order chi connectivity index (χ1) is 15.2. The fourth-order valence-electron chi connectivity index (χ4n) is 6.91. The summed E-state index contributed by atoms with van der Waals surface area (Å²) >= 11 is 0. The molecule has 4 bridgehead atoms. The van der Waals surface area contributed by atoms with Crippen LogP contribution >= 0.6 is 0 Å². The van der Waals surface area contributed by atoms with E-state index < -0.39 is 0 Å². The fraction of sp³-hybridized carbons (Fsp3) is 0.621. The second-order valence-corrected chi connectivity index (χ2v) is 12.0. The molecule has 0 radical (unpaired) electrons. The van der Waals surface area contributed by atoms with Gasteiger partial charge in [-0.3, -0.25) is 0 Å². The highest BCUT2D eigenvalue weighted by molar-refractivity contribution is 5.84. The molecule has 0 saturated heterocycles. The highest BCUT2D eigenvalue weighted by atomic mass is 16.5. The zero-order chi connectivity index (χ0) is 22.9. The minimum Gasteiger partial charge on any atom is -0.497 e.